The number of rotatable bonds is 5. The van der Waals surface area contributed by atoms with Gasteiger partial charge in [-0.25, -0.2) is 0 Å². The van der Waals surface area contributed by atoms with Gasteiger partial charge in [0.25, 0.3) is 0 Å². The van der Waals surface area contributed by atoms with Gasteiger partial charge in [0.05, 0.1) is 6.10 Å². The zero-order chi connectivity index (χ0) is 15.8. The molecule has 0 unspecified atom stereocenters. The summed E-state index contributed by atoms with van der Waals surface area (Å²) >= 11 is 3.51. The highest BCUT2D eigenvalue weighted by atomic mass is 127. The van der Waals surface area contributed by atoms with Gasteiger partial charge in [-0.1, -0.05) is 28.1 Å². The molecule has 0 saturated carbocycles. The van der Waals surface area contributed by atoms with Crippen LogP contribution in [0.5, 0.6) is 0 Å². The van der Waals surface area contributed by atoms with Crippen molar-refractivity contribution >= 4 is 45.9 Å². The molecule has 0 radical (unpaired) electrons. The standard InChI is InChI=1S/C17H26BrN3O.HI/c1-2-19-17(21-11-8-16(22)9-12-21)20-10-4-6-14-5-3-7-15(18)13-14;/h3,5,7,13,16,22H,2,4,6,8-12H2,1H3,(H,19,20);1H. The van der Waals surface area contributed by atoms with E-state index in [0.717, 1.165) is 62.3 Å². The minimum absolute atomic E-state index is 0. The maximum atomic E-state index is 9.61. The Balaban J connectivity index is 0.00000264. The molecule has 0 spiro atoms. The van der Waals surface area contributed by atoms with Crippen molar-refractivity contribution in [1.29, 1.82) is 0 Å². The third-order valence-corrected chi connectivity index (χ3v) is 4.37. The largest absolute Gasteiger partial charge is 0.393 e. The van der Waals surface area contributed by atoms with Crippen LogP contribution in [0.25, 0.3) is 0 Å². The second-order valence-corrected chi connectivity index (χ2v) is 6.60. The molecule has 4 nitrogen and oxygen atoms in total. The van der Waals surface area contributed by atoms with Gasteiger partial charge in [-0.15, -0.1) is 24.0 Å². The van der Waals surface area contributed by atoms with Crippen LogP contribution in [-0.4, -0.2) is 48.2 Å². The minimum atomic E-state index is -0.143. The summed E-state index contributed by atoms with van der Waals surface area (Å²) in [6, 6.07) is 8.45. The van der Waals surface area contributed by atoms with Crippen molar-refractivity contribution in [3.63, 3.8) is 0 Å². The summed E-state index contributed by atoms with van der Waals surface area (Å²) in [5, 5.41) is 13.0. The van der Waals surface area contributed by atoms with Gasteiger partial charge >= 0.3 is 0 Å². The highest BCUT2D eigenvalue weighted by Gasteiger charge is 2.19. The number of likely N-dealkylation sites (tertiary alicyclic amines) is 1. The first-order valence-corrected chi connectivity index (χ1v) is 8.94. The lowest BCUT2D eigenvalue weighted by Gasteiger charge is -2.32. The number of aliphatic hydroxyl groups excluding tert-OH is 1. The molecule has 1 aromatic carbocycles. The zero-order valence-corrected chi connectivity index (χ0v) is 17.6. The third-order valence-electron chi connectivity index (χ3n) is 3.87. The Morgan fingerprint density at radius 2 is 2.13 bits per heavy atom. The van der Waals surface area contributed by atoms with Gasteiger partial charge in [0.1, 0.15) is 0 Å². The van der Waals surface area contributed by atoms with E-state index in [9.17, 15) is 5.11 Å². The van der Waals surface area contributed by atoms with E-state index in [2.05, 4.69) is 57.3 Å². The number of nitrogens with one attached hydrogen (secondary N) is 1. The fourth-order valence-electron chi connectivity index (χ4n) is 2.66. The summed E-state index contributed by atoms with van der Waals surface area (Å²) in [6.07, 6.45) is 3.61. The number of halogens is 2. The Labute approximate surface area is 164 Å². The number of aryl methyl sites for hydroxylation is 1. The molecular weight excluding hydrogens is 469 g/mol. The molecule has 1 heterocycles. The SMILES string of the molecule is CCNC(=NCCCc1cccc(Br)c1)N1CCC(O)CC1.I. The lowest BCUT2D eigenvalue weighted by molar-refractivity contribution is 0.108. The summed E-state index contributed by atoms with van der Waals surface area (Å²) in [6.45, 7) is 5.57. The summed E-state index contributed by atoms with van der Waals surface area (Å²) in [5.74, 6) is 0.989. The van der Waals surface area contributed by atoms with Crippen molar-refractivity contribution < 1.29 is 5.11 Å². The van der Waals surface area contributed by atoms with E-state index in [-0.39, 0.29) is 30.1 Å². The third kappa shape index (κ3) is 7.39. The summed E-state index contributed by atoms with van der Waals surface area (Å²) in [7, 11) is 0. The molecule has 1 aliphatic heterocycles. The number of aliphatic hydroxyl groups is 1. The van der Waals surface area contributed by atoms with Crippen molar-refractivity contribution in [3.05, 3.63) is 34.3 Å². The molecule has 0 amide bonds. The molecule has 2 rings (SSSR count). The van der Waals surface area contributed by atoms with E-state index in [1.165, 1.54) is 5.56 Å². The number of hydrogen-bond donors (Lipinski definition) is 2. The van der Waals surface area contributed by atoms with Crippen molar-refractivity contribution in [2.45, 2.75) is 38.7 Å². The fraction of sp³-hybridized carbons (Fsp3) is 0.588. The van der Waals surface area contributed by atoms with Crippen molar-refractivity contribution in [2.75, 3.05) is 26.2 Å². The summed E-state index contributed by atoms with van der Waals surface area (Å²) in [4.78, 5) is 7.00. The number of benzene rings is 1. The number of aliphatic imine (C=N–C) groups is 1. The first-order valence-electron chi connectivity index (χ1n) is 8.15. The van der Waals surface area contributed by atoms with Crippen LogP contribution in [0.2, 0.25) is 0 Å². The first kappa shape index (κ1) is 20.7. The van der Waals surface area contributed by atoms with Gasteiger partial charge in [-0.3, -0.25) is 4.99 Å². The molecule has 23 heavy (non-hydrogen) atoms. The molecule has 0 aliphatic carbocycles. The van der Waals surface area contributed by atoms with E-state index >= 15 is 0 Å². The second kappa shape index (κ2) is 11.3. The maximum absolute atomic E-state index is 9.61. The van der Waals surface area contributed by atoms with E-state index < -0.39 is 0 Å². The number of guanidine groups is 1. The van der Waals surface area contributed by atoms with Crippen molar-refractivity contribution in [3.8, 4) is 0 Å². The van der Waals surface area contributed by atoms with E-state index in [1.54, 1.807) is 0 Å². The molecule has 0 aromatic heterocycles. The summed E-state index contributed by atoms with van der Waals surface area (Å²) in [5.41, 5.74) is 1.34. The van der Waals surface area contributed by atoms with Crippen LogP contribution in [0.1, 0.15) is 31.7 Å². The molecule has 1 aromatic rings. The monoisotopic (exact) mass is 495 g/mol. The topological polar surface area (TPSA) is 47.9 Å². The van der Waals surface area contributed by atoms with Gasteiger partial charge in [0.2, 0.25) is 0 Å². The van der Waals surface area contributed by atoms with Gasteiger partial charge < -0.3 is 15.3 Å². The fourth-order valence-corrected chi connectivity index (χ4v) is 3.11. The average Bonchev–Trinajstić information content (AvgIpc) is 2.51. The normalized spacial score (nSPS) is 16.1. The molecule has 1 aliphatic rings. The molecule has 1 saturated heterocycles. The van der Waals surface area contributed by atoms with Crippen LogP contribution in [0, 0.1) is 0 Å². The lowest BCUT2D eigenvalue weighted by Crippen LogP contribution is -2.46. The maximum Gasteiger partial charge on any atom is 0.193 e. The lowest BCUT2D eigenvalue weighted by atomic mass is 10.1. The quantitative estimate of drug-likeness (QED) is 0.285. The van der Waals surface area contributed by atoms with E-state index in [4.69, 9.17) is 4.99 Å². The van der Waals surface area contributed by atoms with Gasteiger partial charge in [0.15, 0.2) is 5.96 Å². The molecule has 0 atom stereocenters. The predicted octanol–water partition coefficient (Wildman–Crippen LogP) is 3.42. The number of nitrogens with zero attached hydrogens (tertiary/aromatic N) is 2. The minimum Gasteiger partial charge on any atom is -0.393 e. The molecule has 2 N–H and O–H groups in total. The molecular formula is C17H27BrIN3O. The highest BCUT2D eigenvalue weighted by molar-refractivity contribution is 14.0. The first-order chi connectivity index (χ1) is 10.7. The predicted molar refractivity (Wildman–Crippen MR) is 111 cm³/mol. The van der Waals surface area contributed by atoms with Gasteiger partial charge in [0, 0.05) is 30.7 Å². The Morgan fingerprint density at radius 1 is 1.39 bits per heavy atom. The smallest absolute Gasteiger partial charge is 0.193 e. The van der Waals surface area contributed by atoms with Crippen molar-refractivity contribution in [1.82, 2.24) is 10.2 Å². The van der Waals surface area contributed by atoms with Crippen molar-refractivity contribution in [2.24, 2.45) is 4.99 Å². The van der Waals surface area contributed by atoms with Gasteiger partial charge in [-0.05, 0) is 50.3 Å². The van der Waals surface area contributed by atoms with Crippen LogP contribution in [-0.2, 0) is 6.42 Å². The number of piperidine rings is 1. The molecule has 1 fully saturated rings. The Morgan fingerprint density at radius 3 is 2.78 bits per heavy atom. The van der Waals surface area contributed by atoms with Crippen LogP contribution in [0.3, 0.4) is 0 Å². The number of hydrogen-bond acceptors (Lipinski definition) is 2. The molecule has 130 valence electrons. The second-order valence-electron chi connectivity index (χ2n) is 5.69. The Hall–Kier alpha value is -0.340. The Kier molecular flexibility index (Phi) is 10.1. The van der Waals surface area contributed by atoms with Crippen LogP contribution >= 0.6 is 39.9 Å². The van der Waals surface area contributed by atoms with Crippen LogP contribution in [0.4, 0.5) is 0 Å². The summed E-state index contributed by atoms with van der Waals surface area (Å²) < 4.78 is 1.13. The highest BCUT2D eigenvalue weighted by Crippen LogP contribution is 2.13. The van der Waals surface area contributed by atoms with Gasteiger partial charge in [-0.2, -0.15) is 0 Å². The van der Waals surface area contributed by atoms with Crippen LogP contribution in [0.15, 0.2) is 33.7 Å². The molecule has 6 heteroatoms. The van der Waals surface area contributed by atoms with Crippen LogP contribution < -0.4 is 5.32 Å². The zero-order valence-electron chi connectivity index (χ0n) is 13.7. The molecule has 0 bridgehead atoms. The van der Waals surface area contributed by atoms with E-state index in [0.29, 0.717) is 0 Å². The Bertz CT molecular complexity index is 490. The van der Waals surface area contributed by atoms with E-state index in [1.807, 2.05) is 0 Å². The average molecular weight is 496 g/mol.